The largest absolute Gasteiger partial charge is 0.451 e. The van der Waals surface area contributed by atoms with E-state index in [1.807, 2.05) is 0 Å². The number of oxazole rings is 1. The van der Waals surface area contributed by atoms with E-state index in [0.717, 1.165) is 11.3 Å². The second-order valence-electron chi connectivity index (χ2n) is 1.79. The van der Waals surface area contributed by atoms with Crippen molar-refractivity contribution in [3.05, 3.63) is 25.1 Å². The lowest BCUT2D eigenvalue weighted by molar-refractivity contribution is 0.420. The van der Waals surface area contributed by atoms with E-state index < -0.39 is 0 Å². The lowest BCUT2D eigenvalue weighted by Gasteiger charge is -1.79. The third-order valence-corrected chi connectivity index (χ3v) is 1.16. The third kappa shape index (κ3) is 0.699. The first-order chi connectivity index (χ1) is 4.97. The number of hydrogen-bond donors (Lipinski definition) is 0. The van der Waals surface area contributed by atoms with Gasteiger partial charge in [-0.2, -0.15) is 0 Å². The zero-order chi connectivity index (χ0) is 6.81. The molecular formula is C6H4N2O2. The highest BCUT2D eigenvalue weighted by atomic mass is 16.5. The molecule has 0 bridgehead atoms. The van der Waals surface area contributed by atoms with Gasteiger partial charge in [0.05, 0.1) is 11.8 Å². The Morgan fingerprint density at radius 3 is 2.90 bits per heavy atom. The Kier molecular flexibility index (Phi) is 1.04. The Morgan fingerprint density at radius 2 is 2.30 bits per heavy atom. The monoisotopic (exact) mass is 136 g/mol. The quantitative estimate of drug-likeness (QED) is 0.593. The summed E-state index contributed by atoms with van der Waals surface area (Å²) in [7, 11) is 0. The predicted molar refractivity (Wildman–Crippen MR) is 32.0 cm³/mol. The highest BCUT2D eigenvalue weighted by Crippen LogP contribution is 2.14. The van der Waals surface area contributed by atoms with Crippen LogP contribution in [0.25, 0.3) is 11.3 Å². The van der Waals surface area contributed by atoms with Crippen molar-refractivity contribution in [1.82, 2.24) is 10.1 Å². The fourth-order valence-corrected chi connectivity index (χ4v) is 0.686. The van der Waals surface area contributed by atoms with Gasteiger partial charge in [0.15, 0.2) is 6.39 Å². The molecule has 0 unspecified atom stereocenters. The Bertz CT molecular complexity index is 253. The van der Waals surface area contributed by atoms with Gasteiger partial charge in [0.25, 0.3) is 0 Å². The van der Waals surface area contributed by atoms with Crippen LogP contribution in [-0.4, -0.2) is 10.1 Å². The summed E-state index contributed by atoms with van der Waals surface area (Å²) >= 11 is 0. The molecule has 50 valence electrons. The molecule has 0 aliphatic rings. The number of rotatable bonds is 1. The second-order valence-corrected chi connectivity index (χ2v) is 1.79. The molecule has 0 aliphatic carbocycles. The van der Waals surface area contributed by atoms with Crippen molar-refractivity contribution >= 4 is 0 Å². The van der Waals surface area contributed by atoms with E-state index in [1.54, 1.807) is 6.20 Å². The van der Waals surface area contributed by atoms with Gasteiger partial charge in [-0.25, -0.2) is 4.98 Å². The molecule has 10 heavy (non-hydrogen) atoms. The molecule has 2 aromatic rings. The van der Waals surface area contributed by atoms with Crippen LogP contribution >= 0.6 is 0 Å². The molecule has 2 aromatic heterocycles. The van der Waals surface area contributed by atoms with E-state index in [9.17, 15) is 0 Å². The van der Waals surface area contributed by atoms with Gasteiger partial charge < -0.3 is 8.94 Å². The van der Waals surface area contributed by atoms with Gasteiger partial charge in [-0.3, -0.25) is 0 Å². The van der Waals surface area contributed by atoms with E-state index in [2.05, 4.69) is 14.7 Å². The normalized spacial score (nSPS) is 10.0. The van der Waals surface area contributed by atoms with Gasteiger partial charge in [-0.1, -0.05) is 5.16 Å². The summed E-state index contributed by atoms with van der Waals surface area (Å²) in [6, 6.07) is 0. The summed E-state index contributed by atoms with van der Waals surface area (Å²) in [5.41, 5.74) is 1.56. The average Bonchev–Trinajstić information content (AvgIpc) is 2.59. The molecular weight excluding hydrogens is 132 g/mol. The van der Waals surface area contributed by atoms with Crippen molar-refractivity contribution in [1.29, 1.82) is 0 Å². The summed E-state index contributed by atoms with van der Waals surface area (Å²) < 4.78 is 9.36. The fourth-order valence-electron chi connectivity index (χ4n) is 0.686. The SMILES string of the molecule is c1nc(-c2cnoc2)co1. The van der Waals surface area contributed by atoms with E-state index in [-0.39, 0.29) is 0 Å². The lowest BCUT2D eigenvalue weighted by atomic mass is 10.3. The molecule has 0 radical (unpaired) electrons. The lowest BCUT2D eigenvalue weighted by Crippen LogP contribution is -1.68. The summed E-state index contributed by atoms with van der Waals surface area (Å²) in [5, 5.41) is 3.52. The third-order valence-electron chi connectivity index (χ3n) is 1.16. The van der Waals surface area contributed by atoms with Crippen LogP contribution in [0.4, 0.5) is 0 Å². The zero-order valence-corrected chi connectivity index (χ0v) is 5.02. The van der Waals surface area contributed by atoms with Gasteiger partial charge in [0.2, 0.25) is 0 Å². The van der Waals surface area contributed by atoms with Gasteiger partial charge in [0.1, 0.15) is 18.2 Å². The van der Waals surface area contributed by atoms with Crippen molar-refractivity contribution in [3.8, 4) is 11.3 Å². The molecule has 0 fully saturated rings. The molecule has 0 N–H and O–H groups in total. The average molecular weight is 136 g/mol. The topological polar surface area (TPSA) is 52.1 Å². The minimum Gasteiger partial charge on any atom is -0.451 e. The van der Waals surface area contributed by atoms with Crippen LogP contribution in [0.15, 0.2) is 34.1 Å². The van der Waals surface area contributed by atoms with Crippen LogP contribution < -0.4 is 0 Å². The first-order valence-electron chi connectivity index (χ1n) is 2.75. The Balaban J connectivity index is 2.48. The van der Waals surface area contributed by atoms with Crippen molar-refractivity contribution in [2.24, 2.45) is 0 Å². The highest BCUT2D eigenvalue weighted by Gasteiger charge is 2.00. The Labute approximate surface area is 56.5 Å². The molecule has 0 aromatic carbocycles. The maximum absolute atomic E-state index is 4.76. The molecule has 0 saturated carbocycles. The summed E-state index contributed by atoms with van der Waals surface area (Å²) in [5.74, 6) is 0. The first-order valence-corrected chi connectivity index (χ1v) is 2.75. The Hall–Kier alpha value is -1.58. The van der Waals surface area contributed by atoms with Crippen LogP contribution in [0.2, 0.25) is 0 Å². The molecule has 0 amide bonds. The molecule has 0 spiro atoms. The molecule has 0 saturated heterocycles. The molecule has 0 aliphatic heterocycles. The van der Waals surface area contributed by atoms with Crippen molar-refractivity contribution in [3.63, 3.8) is 0 Å². The van der Waals surface area contributed by atoms with Crippen LogP contribution in [0.3, 0.4) is 0 Å². The number of aromatic nitrogens is 2. The van der Waals surface area contributed by atoms with Crippen LogP contribution in [0, 0.1) is 0 Å². The fraction of sp³-hybridized carbons (Fsp3) is 0. The maximum Gasteiger partial charge on any atom is 0.181 e. The molecule has 2 rings (SSSR count). The van der Waals surface area contributed by atoms with Crippen LogP contribution in [-0.2, 0) is 0 Å². The van der Waals surface area contributed by atoms with E-state index in [4.69, 9.17) is 4.42 Å². The second kappa shape index (κ2) is 1.98. The molecule has 4 nitrogen and oxygen atoms in total. The van der Waals surface area contributed by atoms with Crippen molar-refractivity contribution in [2.75, 3.05) is 0 Å². The van der Waals surface area contributed by atoms with E-state index in [0.29, 0.717) is 0 Å². The Morgan fingerprint density at radius 1 is 1.30 bits per heavy atom. The van der Waals surface area contributed by atoms with Gasteiger partial charge in [-0.15, -0.1) is 0 Å². The van der Waals surface area contributed by atoms with Gasteiger partial charge in [0, 0.05) is 0 Å². The molecule has 0 atom stereocenters. The zero-order valence-electron chi connectivity index (χ0n) is 5.02. The standard InChI is InChI=1S/C6H4N2O2/c1-5(2-10-8-1)6-3-9-4-7-6/h1-4H. The molecule has 4 heteroatoms. The van der Waals surface area contributed by atoms with Gasteiger partial charge in [-0.05, 0) is 0 Å². The minimum atomic E-state index is 0.737. The van der Waals surface area contributed by atoms with E-state index in [1.165, 1.54) is 18.9 Å². The maximum atomic E-state index is 4.76. The van der Waals surface area contributed by atoms with Gasteiger partial charge >= 0.3 is 0 Å². The summed E-state index contributed by atoms with van der Waals surface area (Å²) in [4.78, 5) is 3.89. The minimum absolute atomic E-state index is 0.737. The smallest absolute Gasteiger partial charge is 0.181 e. The highest BCUT2D eigenvalue weighted by molar-refractivity contribution is 5.53. The summed E-state index contributed by atoms with van der Waals surface area (Å²) in [6.07, 6.45) is 5.99. The van der Waals surface area contributed by atoms with Crippen molar-refractivity contribution < 1.29 is 8.94 Å². The summed E-state index contributed by atoms with van der Waals surface area (Å²) in [6.45, 7) is 0. The van der Waals surface area contributed by atoms with Crippen LogP contribution in [0.5, 0.6) is 0 Å². The molecule has 2 heterocycles. The number of hydrogen-bond acceptors (Lipinski definition) is 4. The number of nitrogens with zero attached hydrogens (tertiary/aromatic N) is 2. The van der Waals surface area contributed by atoms with Crippen molar-refractivity contribution in [2.45, 2.75) is 0 Å². The van der Waals surface area contributed by atoms with Crippen LogP contribution in [0.1, 0.15) is 0 Å². The predicted octanol–water partition coefficient (Wildman–Crippen LogP) is 1.33. The van der Waals surface area contributed by atoms with E-state index >= 15 is 0 Å². The first kappa shape index (κ1) is 5.22.